The molecule has 4 aromatic rings. The van der Waals surface area contributed by atoms with E-state index in [-0.39, 0.29) is 11.6 Å². The molecule has 1 aromatic carbocycles. The number of H-pyrrole nitrogens is 1. The van der Waals surface area contributed by atoms with E-state index in [2.05, 4.69) is 43.4 Å². The summed E-state index contributed by atoms with van der Waals surface area (Å²) in [4.78, 5) is 22.8. The lowest BCUT2D eigenvalue weighted by Gasteiger charge is -2.31. The van der Waals surface area contributed by atoms with Crippen LogP contribution in [0.5, 0.6) is 5.75 Å². The zero-order valence-electron chi connectivity index (χ0n) is 20.9. The quantitative estimate of drug-likeness (QED) is 0.349. The lowest BCUT2D eigenvalue weighted by atomic mass is 10.1. The summed E-state index contributed by atoms with van der Waals surface area (Å²) in [7, 11) is 0. The molecule has 3 heterocycles. The zero-order chi connectivity index (χ0) is 24.9. The number of pyridine rings is 2. The van der Waals surface area contributed by atoms with Crippen molar-refractivity contribution < 1.29 is 4.74 Å². The third-order valence-corrected chi connectivity index (χ3v) is 7.00. The Balaban J connectivity index is 1.52. The maximum atomic E-state index is 13.1. The van der Waals surface area contributed by atoms with Gasteiger partial charge < -0.3 is 9.72 Å². The Morgan fingerprint density at radius 3 is 2.78 bits per heavy atom. The van der Waals surface area contributed by atoms with Gasteiger partial charge in [0.25, 0.3) is 5.56 Å². The number of hydrogen-bond donors (Lipinski definition) is 1. The molecule has 0 saturated heterocycles. The van der Waals surface area contributed by atoms with Crippen molar-refractivity contribution in [3.8, 4) is 5.75 Å². The van der Waals surface area contributed by atoms with Crippen molar-refractivity contribution in [1.29, 1.82) is 0 Å². The molecule has 1 aliphatic rings. The van der Waals surface area contributed by atoms with E-state index >= 15 is 0 Å². The van der Waals surface area contributed by atoms with Gasteiger partial charge in [0.05, 0.1) is 18.7 Å². The molecule has 1 aliphatic carbocycles. The van der Waals surface area contributed by atoms with E-state index < -0.39 is 0 Å². The van der Waals surface area contributed by atoms with Crippen LogP contribution in [0.25, 0.3) is 10.9 Å². The maximum absolute atomic E-state index is 13.1. The number of nitrogens with zero attached hydrogens (tertiary/aromatic N) is 6. The number of hydrogen-bond acceptors (Lipinski definition) is 7. The molecular weight excluding hydrogens is 454 g/mol. The molecule has 9 nitrogen and oxygen atoms in total. The van der Waals surface area contributed by atoms with Crippen LogP contribution in [0.3, 0.4) is 0 Å². The zero-order valence-corrected chi connectivity index (χ0v) is 20.9. The summed E-state index contributed by atoms with van der Waals surface area (Å²) in [5.41, 5.74) is 2.47. The van der Waals surface area contributed by atoms with Crippen LogP contribution in [-0.4, -0.2) is 41.7 Å². The molecule has 3 aromatic heterocycles. The number of ether oxygens (including phenoxy) is 1. The average Bonchev–Trinajstić information content (AvgIpc) is 3.58. The molecule has 0 radical (unpaired) electrons. The summed E-state index contributed by atoms with van der Waals surface area (Å²) >= 11 is 0. The lowest BCUT2D eigenvalue weighted by molar-refractivity contribution is 0.158. The highest BCUT2D eigenvalue weighted by Gasteiger charge is 2.29. The number of fused-ring (bicyclic) bond motifs is 1. The van der Waals surface area contributed by atoms with Gasteiger partial charge in [0.1, 0.15) is 5.75 Å². The topological polar surface area (TPSA) is 102 Å². The summed E-state index contributed by atoms with van der Waals surface area (Å²) in [6.07, 6.45) is 9.07. The molecule has 5 rings (SSSR count). The van der Waals surface area contributed by atoms with Gasteiger partial charge in [-0.05, 0) is 72.5 Å². The molecule has 1 saturated carbocycles. The maximum Gasteiger partial charge on any atom is 0.252 e. The van der Waals surface area contributed by atoms with Gasteiger partial charge in [0, 0.05) is 41.9 Å². The average molecular weight is 488 g/mol. The first kappa shape index (κ1) is 24.1. The van der Waals surface area contributed by atoms with E-state index in [0.29, 0.717) is 31.3 Å². The number of benzene rings is 1. The van der Waals surface area contributed by atoms with Gasteiger partial charge in [-0.2, -0.15) is 0 Å². The van der Waals surface area contributed by atoms with Crippen molar-refractivity contribution in [2.45, 2.75) is 71.1 Å². The van der Waals surface area contributed by atoms with Gasteiger partial charge in [-0.25, -0.2) is 4.68 Å². The van der Waals surface area contributed by atoms with Crippen molar-refractivity contribution >= 4 is 10.9 Å². The number of rotatable bonds is 10. The summed E-state index contributed by atoms with van der Waals surface area (Å²) in [6, 6.07) is 12.0. The van der Waals surface area contributed by atoms with Crippen LogP contribution in [0.2, 0.25) is 0 Å². The van der Waals surface area contributed by atoms with Crippen molar-refractivity contribution in [3.63, 3.8) is 0 Å². The van der Waals surface area contributed by atoms with E-state index in [1.165, 1.54) is 12.8 Å². The van der Waals surface area contributed by atoms with Gasteiger partial charge in [-0.15, -0.1) is 5.10 Å². The molecule has 1 atom stereocenters. The minimum Gasteiger partial charge on any atom is -0.494 e. The second kappa shape index (κ2) is 11.0. The van der Waals surface area contributed by atoms with Crippen LogP contribution in [0, 0.1) is 0 Å². The molecule has 36 heavy (non-hydrogen) atoms. The van der Waals surface area contributed by atoms with Crippen molar-refractivity contribution in [2.75, 3.05) is 6.61 Å². The van der Waals surface area contributed by atoms with Crippen LogP contribution < -0.4 is 10.3 Å². The van der Waals surface area contributed by atoms with Gasteiger partial charge in [0.2, 0.25) is 0 Å². The summed E-state index contributed by atoms with van der Waals surface area (Å²) in [5.74, 6) is 1.65. The number of tetrazole rings is 1. The van der Waals surface area contributed by atoms with Crippen LogP contribution in [-0.2, 0) is 13.1 Å². The third-order valence-electron chi connectivity index (χ3n) is 7.00. The molecule has 9 heteroatoms. The van der Waals surface area contributed by atoms with E-state index in [1.54, 1.807) is 6.20 Å². The minimum absolute atomic E-state index is 0.0503. The van der Waals surface area contributed by atoms with E-state index in [4.69, 9.17) is 4.74 Å². The largest absolute Gasteiger partial charge is 0.494 e. The normalized spacial score (nSPS) is 15.1. The molecule has 0 unspecified atom stereocenters. The van der Waals surface area contributed by atoms with Crippen molar-refractivity contribution in [1.82, 2.24) is 35.1 Å². The Labute approximate surface area is 210 Å². The van der Waals surface area contributed by atoms with Gasteiger partial charge in [-0.3, -0.25) is 14.7 Å². The standard InChI is InChI=1S/C27H33N7O2/c1-3-25(26-30-31-32-34(26)22-9-5-6-10-22)33(17-19-8-7-13-28-16-19)18-21-14-20-15-23(36-4-2)11-12-24(20)29-27(21)35/h7-8,11-16,22,25H,3-6,9-10,17-18H2,1-2H3,(H,29,35)/t25-/m1/s1. The highest BCUT2D eigenvalue weighted by Crippen LogP contribution is 2.33. The number of aromatic amines is 1. The van der Waals surface area contributed by atoms with E-state index in [0.717, 1.165) is 47.3 Å². The smallest absolute Gasteiger partial charge is 0.252 e. The Kier molecular flexibility index (Phi) is 7.36. The first-order chi connectivity index (χ1) is 17.7. The van der Waals surface area contributed by atoms with Crippen LogP contribution in [0.4, 0.5) is 0 Å². The summed E-state index contributed by atoms with van der Waals surface area (Å²) in [5, 5.41) is 13.9. The highest BCUT2D eigenvalue weighted by molar-refractivity contribution is 5.80. The molecule has 188 valence electrons. The van der Waals surface area contributed by atoms with Crippen molar-refractivity contribution in [3.05, 3.63) is 76.1 Å². The van der Waals surface area contributed by atoms with Gasteiger partial charge in [-0.1, -0.05) is 25.8 Å². The Morgan fingerprint density at radius 2 is 2.03 bits per heavy atom. The molecule has 0 aliphatic heterocycles. The monoisotopic (exact) mass is 487 g/mol. The summed E-state index contributed by atoms with van der Waals surface area (Å²) in [6.45, 7) is 5.78. The summed E-state index contributed by atoms with van der Waals surface area (Å²) < 4.78 is 7.70. The Morgan fingerprint density at radius 1 is 1.17 bits per heavy atom. The molecule has 0 amide bonds. The van der Waals surface area contributed by atoms with Gasteiger partial charge in [0.15, 0.2) is 5.82 Å². The first-order valence-corrected chi connectivity index (χ1v) is 12.9. The van der Waals surface area contributed by atoms with E-state index in [9.17, 15) is 4.79 Å². The fourth-order valence-corrected chi connectivity index (χ4v) is 5.26. The van der Waals surface area contributed by atoms with Gasteiger partial charge >= 0.3 is 0 Å². The molecular formula is C27H33N7O2. The molecule has 1 N–H and O–H groups in total. The Hall–Kier alpha value is -3.59. The predicted molar refractivity (Wildman–Crippen MR) is 138 cm³/mol. The van der Waals surface area contributed by atoms with Crippen molar-refractivity contribution in [2.24, 2.45) is 0 Å². The SMILES string of the molecule is CCOc1ccc2[nH]c(=O)c(CN(Cc3cccnc3)[C@H](CC)c3nnnn3C3CCCC3)cc2c1. The first-order valence-electron chi connectivity index (χ1n) is 12.9. The fourth-order valence-electron chi connectivity index (χ4n) is 5.26. The molecule has 0 bridgehead atoms. The van der Waals surface area contributed by atoms with Crippen LogP contribution in [0.1, 0.15) is 75.0 Å². The number of nitrogens with one attached hydrogen (secondary N) is 1. The molecule has 0 spiro atoms. The highest BCUT2D eigenvalue weighted by atomic mass is 16.5. The van der Waals surface area contributed by atoms with E-state index in [1.807, 2.05) is 48.1 Å². The lowest BCUT2D eigenvalue weighted by Crippen LogP contribution is -2.32. The third kappa shape index (κ3) is 5.16. The predicted octanol–water partition coefficient (Wildman–Crippen LogP) is 4.58. The van der Waals surface area contributed by atoms with Crippen LogP contribution in [0.15, 0.2) is 53.6 Å². The number of aromatic nitrogens is 6. The van der Waals surface area contributed by atoms with Crippen LogP contribution >= 0.6 is 0 Å². The second-order valence-corrected chi connectivity index (χ2v) is 9.42. The minimum atomic E-state index is -0.0897. The molecule has 1 fully saturated rings. The fraction of sp³-hybridized carbons (Fsp3) is 0.444. The Bertz CT molecular complexity index is 1350. The second-order valence-electron chi connectivity index (χ2n) is 9.42.